The number of amides is 1. The molecule has 2 aromatic heterocycles. The van der Waals surface area contributed by atoms with Gasteiger partial charge in [0, 0.05) is 44.5 Å². The van der Waals surface area contributed by atoms with Crippen LogP contribution in [0.1, 0.15) is 49.8 Å². The number of rotatable bonds is 3. The van der Waals surface area contributed by atoms with Gasteiger partial charge in [-0.1, -0.05) is 17.7 Å². The number of carbonyl (C=O) groups excluding carboxylic acids is 1. The summed E-state index contributed by atoms with van der Waals surface area (Å²) in [5.74, 6) is 1.18. The van der Waals surface area contributed by atoms with Crippen LogP contribution < -0.4 is 10.1 Å². The van der Waals surface area contributed by atoms with Crippen molar-refractivity contribution in [3.63, 3.8) is 0 Å². The van der Waals surface area contributed by atoms with Crippen molar-refractivity contribution < 1.29 is 9.53 Å². The number of pyridine rings is 1. The first-order valence-electron chi connectivity index (χ1n) is 10.6. The predicted molar refractivity (Wildman–Crippen MR) is 124 cm³/mol. The molecule has 0 radical (unpaired) electrons. The van der Waals surface area contributed by atoms with Crippen molar-refractivity contribution in [1.29, 1.82) is 0 Å². The molecule has 0 unspecified atom stereocenters. The normalized spacial score (nSPS) is 17.2. The van der Waals surface area contributed by atoms with Crippen LogP contribution in [0.3, 0.4) is 0 Å². The molecule has 9 heteroatoms. The molecule has 4 rings (SSSR count). The van der Waals surface area contributed by atoms with Crippen LogP contribution in [0.4, 0.5) is 0 Å². The Morgan fingerprint density at radius 3 is 2.35 bits per heavy atom. The molecule has 4 heterocycles. The maximum absolute atomic E-state index is 11.4. The van der Waals surface area contributed by atoms with Crippen LogP contribution in [0.5, 0.6) is 5.88 Å². The van der Waals surface area contributed by atoms with Crippen LogP contribution in [0.15, 0.2) is 30.7 Å². The van der Waals surface area contributed by atoms with Crippen molar-refractivity contribution >= 4 is 29.9 Å². The summed E-state index contributed by atoms with van der Waals surface area (Å²) in [4.78, 5) is 26.1. The van der Waals surface area contributed by atoms with Crippen molar-refractivity contribution in [2.45, 2.75) is 51.6 Å². The molecule has 0 aliphatic carbocycles. The number of aromatic nitrogens is 3. The smallest absolute Gasteiger partial charge is 0.236 e. The number of likely N-dealkylation sites (tertiary alicyclic amines) is 1. The van der Waals surface area contributed by atoms with Crippen LogP contribution in [0, 0.1) is 6.92 Å². The summed E-state index contributed by atoms with van der Waals surface area (Å²) >= 11 is 5.60. The molecule has 170 valence electrons. The molecular weight excluding hydrogens is 437 g/mol. The first-order valence-corrected chi connectivity index (χ1v) is 10.9. The first kappa shape index (κ1) is 25.3. The van der Waals surface area contributed by atoms with Gasteiger partial charge in [-0.25, -0.2) is 9.97 Å². The maximum atomic E-state index is 11.4. The minimum Gasteiger partial charge on any atom is -0.473 e. The molecule has 1 N–H and O–H groups in total. The van der Waals surface area contributed by atoms with Gasteiger partial charge in [0.15, 0.2) is 0 Å². The Morgan fingerprint density at radius 2 is 1.77 bits per heavy atom. The summed E-state index contributed by atoms with van der Waals surface area (Å²) < 4.78 is 6.12. The molecular formula is C22H31Cl2N5O2. The number of aryl methyl sites for hydroxylation is 1. The number of nitrogens with one attached hydrogen (secondary N) is 1. The third kappa shape index (κ3) is 7.59. The van der Waals surface area contributed by atoms with Gasteiger partial charge >= 0.3 is 0 Å². The summed E-state index contributed by atoms with van der Waals surface area (Å²) in [5.41, 5.74) is 1.98. The van der Waals surface area contributed by atoms with Crippen LogP contribution >= 0.6 is 24.0 Å². The molecule has 2 aromatic rings. The molecule has 0 atom stereocenters. The van der Waals surface area contributed by atoms with Crippen molar-refractivity contribution in [3.05, 3.63) is 47.1 Å². The monoisotopic (exact) mass is 467 g/mol. The van der Waals surface area contributed by atoms with Gasteiger partial charge in [0.1, 0.15) is 17.0 Å². The van der Waals surface area contributed by atoms with Gasteiger partial charge < -0.3 is 15.0 Å². The van der Waals surface area contributed by atoms with Crippen molar-refractivity contribution in [1.82, 2.24) is 25.2 Å². The van der Waals surface area contributed by atoms with E-state index in [9.17, 15) is 4.79 Å². The second kappa shape index (κ2) is 12.8. The van der Waals surface area contributed by atoms with Crippen LogP contribution in [0.25, 0.3) is 0 Å². The van der Waals surface area contributed by atoms with E-state index in [1.54, 1.807) is 25.5 Å². The van der Waals surface area contributed by atoms with E-state index in [2.05, 4.69) is 20.3 Å². The van der Waals surface area contributed by atoms with E-state index < -0.39 is 0 Å². The number of hydrogen-bond donors (Lipinski definition) is 1. The molecule has 0 bridgehead atoms. The Kier molecular flexibility index (Phi) is 10.4. The topological polar surface area (TPSA) is 80.2 Å². The van der Waals surface area contributed by atoms with Crippen LogP contribution in [-0.4, -0.2) is 58.0 Å². The Balaban J connectivity index is 0.000000322. The predicted octanol–water partition coefficient (Wildman–Crippen LogP) is 3.80. The largest absolute Gasteiger partial charge is 0.473 e. The standard InChI is InChI=1S/C16H24N4O2.C6H6ClN.ClH/c1-12(21)20-10-4-13(5-11-20)15-16(19-9-8-18-15)22-14-2-6-17-7-3-14;1-5-3-2-4-8-6(5)7;/h8-9,13-14,17H,2-7,10-11H2,1H3;2-4H,1H3;1H. The maximum Gasteiger partial charge on any atom is 0.236 e. The Bertz CT molecular complexity index is 804. The van der Waals surface area contributed by atoms with E-state index >= 15 is 0 Å². The molecule has 1 amide bonds. The van der Waals surface area contributed by atoms with Gasteiger partial charge in [-0.3, -0.25) is 9.78 Å². The van der Waals surface area contributed by atoms with E-state index in [4.69, 9.17) is 16.3 Å². The zero-order valence-corrected chi connectivity index (χ0v) is 19.7. The lowest BCUT2D eigenvalue weighted by molar-refractivity contribution is -0.129. The van der Waals surface area contributed by atoms with Crippen LogP contribution in [0.2, 0.25) is 5.15 Å². The second-order valence-corrected chi connectivity index (χ2v) is 8.06. The van der Waals surface area contributed by atoms with E-state index in [1.165, 1.54) is 0 Å². The highest BCUT2D eigenvalue weighted by Gasteiger charge is 2.27. The lowest BCUT2D eigenvalue weighted by atomic mass is 9.93. The number of piperidine rings is 2. The highest BCUT2D eigenvalue weighted by atomic mass is 35.5. The molecule has 31 heavy (non-hydrogen) atoms. The Hall–Kier alpha value is -1.96. The Morgan fingerprint density at radius 1 is 1.10 bits per heavy atom. The van der Waals surface area contributed by atoms with Gasteiger partial charge in [0.25, 0.3) is 0 Å². The molecule has 0 saturated carbocycles. The first-order chi connectivity index (χ1) is 14.5. The average Bonchev–Trinajstić information content (AvgIpc) is 2.77. The van der Waals surface area contributed by atoms with Gasteiger partial charge in [-0.15, -0.1) is 12.4 Å². The SMILES string of the molecule is CC(=O)N1CCC(c2nccnc2OC2CCNCC2)CC1.Cc1cccnc1Cl.Cl. The molecule has 0 spiro atoms. The fraction of sp³-hybridized carbons (Fsp3) is 0.545. The van der Waals surface area contributed by atoms with E-state index in [0.29, 0.717) is 17.0 Å². The zero-order valence-electron chi connectivity index (χ0n) is 18.1. The highest BCUT2D eigenvalue weighted by molar-refractivity contribution is 6.30. The zero-order chi connectivity index (χ0) is 21.3. The van der Waals surface area contributed by atoms with E-state index in [-0.39, 0.29) is 24.4 Å². The van der Waals surface area contributed by atoms with E-state index in [0.717, 1.165) is 63.1 Å². The Labute approximate surface area is 195 Å². The molecule has 2 aliphatic heterocycles. The molecule has 0 aromatic carbocycles. The summed E-state index contributed by atoms with van der Waals surface area (Å²) in [7, 11) is 0. The number of halogens is 2. The van der Waals surface area contributed by atoms with Gasteiger partial charge in [0.2, 0.25) is 11.8 Å². The minimum absolute atomic E-state index is 0. The van der Waals surface area contributed by atoms with Crippen molar-refractivity contribution in [3.8, 4) is 5.88 Å². The number of hydrogen-bond acceptors (Lipinski definition) is 6. The molecule has 2 saturated heterocycles. The summed E-state index contributed by atoms with van der Waals surface area (Å²) in [5, 5.41) is 3.93. The number of nitrogens with zero attached hydrogens (tertiary/aromatic N) is 4. The summed E-state index contributed by atoms with van der Waals surface area (Å²) in [6.07, 6.45) is 9.23. The highest BCUT2D eigenvalue weighted by Crippen LogP contribution is 2.32. The van der Waals surface area contributed by atoms with Crippen molar-refractivity contribution in [2.75, 3.05) is 26.2 Å². The van der Waals surface area contributed by atoms with Gasteiger partial charge in [-0.05, 0) is 57.3 Å². The number of ether oxygens (including phenoxy) is 1. The summed E-state index contributed by atoms with van der Waals surface area (Å²) in [6, 6.07) is 3.79. The van der Waals surface area contributed by atoms with Crippen molar-refractivity contribution in [2.24, 2.45) is 0 Å². The third-order valence-electron chi connectivity index (χ3n) is 5.53. The third-order valence-corrected chi connectivity index (χ3v) is 5.92. The second-order valence-electron chi connectivity index (χ2n) is 7.71. The lowest BCUT2D eigenvalue weighted by Crippen LogP contribution is -2.37. The fourth-order valence-corrected chi connectivity index (χ4v) is 3.83. The van der Waals surface area contributed by atoms with Gasteiger partial charge in [0.05, 0.1) is 0 Å². The van der Waals surface area contributed by atoms with Gasteiger partial charge in [-0.2, -0.15) is 0 Å². The van der Waals surface area contributed by atoms with E-state index in [1.807, 2.05) is 24.0 Å². The molecule has 2 fully saturated rings. The number of carbonyl (C=O) groups is 1. The minimum atomic E-state index is 0. The summed E-state index contributed by atoms with van der Waals surface area (Å²) in [6.45, 7) is 7.14. The quantitative estimate of drug-likeness (QED) is 0.691. The fourth-order valence-electron chi connectivity index (χ4n) is 3.71. The lowest BCUT2D eigenvalue weighted by Gasteiger charge is -2.32. The van der Waals surface area contributed by atoms with Crippen LogP contribution in [-0.2, 0) is 4.79 Å². The molecule has 7 nitrogen and oxygen atoms in total. The average molecular weight is 468 g/mol. The molecule has 2 aliphatic rings.